The van der Waals surface area contributed by atoms with Crippen molar-refractivity contribution < 1.29 is 19.2 Å². The molecule has 3 aliphatic rings. The molecule has 4 amide bonds. The molecule has 0 aromatic rings. The van der Waals surface area contributed by atoms with E-state index in [1.165, 1.54) is 11.9 Å². The van der Waals surface area contributed by atoms with Crippen molar-refractivity contribution in [2.75, 3.05) is 7.05 Å². The highest BCUT2D eigenvalue weighted by Gasteiger charge is 2.68. The fraction of sp³-hybridized carbons (Fsp3) is 0.778. The van der Waals surface area contributed by atoms with Crippen LogP contribution in [0.1, 0.15) is 59.3 Å². The fourth-order valence-corrected chi connectivity index (χ4v) is 4.27. The average molecular weight is 334 g/mol. The van der Waals surface area contributed by atoms with Gasteiger partial charge in [0.25, 0.3) is 0 Å². The Morgan fingerprint density at radius 3 is 2.08 bits per heavy atom. The highest BCUT2D eigenvalue weighted by molar-refractivity contribution is 6.10. The van der Waals surface area contributed by atoms with Gasteiger partial charge in [-0.1, -0.05) is 13.8 Å². The zero-order chi connectivity index (χ0) is 17.9. The van der Waals surface area contributed by atoms with Gasteiger partial charge in [0, 0.05) is 24.9 Å². The van der Waals surface area contributed by atoms with E-state index in [0.717, 1.165) is 4.90 Å². The molecule has 0 aromatic heterocycles. The molecule has 24 heavy (non-hydrogen) atoms. The highest BCUT2D eigenvalue weighted by Crippen LogP contribution is 2.61. The average Bonchev–Trinajstić information content (AvgIpc) is 3.29. The normalized spacial score (nSPS) is 29.3. The second kappa shape index (κ2) is 5.39. The molecule has 3 rings (SSSR count). The number of rotatable bonds is 5. The summed E-state index contributed by atoms with van der Waals surface area (Å²) < 4.78 is 0. The molecule has 2 unspecified atom stereocenters. The van der Waals surface area contributed by atoms with E-state index in [-0.39, 0.29) is 30.0 Å². The minimum atomic E-state index is -0.604. The molecule has 0 N–H and O–H groups in total. The van der Waals surface area contributed by atoms with Crippen LogP contribution in [-0.4, -0.2) is 46.0 Å². The van der Waals surface area contributed by atoms with Gasteiger partial charge < -0.3 is 0 Å². The van der Waals surface area contributed by atoms with Crippen LogP contribution in [-0.2, 0) is 19.2 Å². The lowest BCUT2D eigenvalue weighted by Gasteiger charge is -2.36. The molecule has 0 radical (unpaired) electrons. The van der Waals surface area contributed by atoms with E-state index in [4.69, 9.17) is 0 Å². The highest BCUT2D eigenvalue weighted by atomic mass is 16.2. The first-order valence-corrected chi connectivity index (χ1v) is 8.90. The molecule has 1 spiro atoms. The summed E-state index contributed by atoms with van der Waals surface area (Å²) >= 11 is 0. The van der Waals surface area contributed by atoms with Crippen molar-refractivity contribution >= 4 is 23.6 Å². The molecular formula is C18H26N2O4. The Bertz CT molecular complexity index is 619. The topological polar surface area (TPSA) is 74.8 Å². The van der Waals surface area contributed by atoms with E-state index in [1.807, 2.05) is 20.8 Å². The van der Waals surface area contributed by atoms with Crippen LogP contribution in [0.25, 0.3) is 0 Å². The third kappa shape index (κ3) is 2.15. The summed E-state index contributed by atoms with van der Waals surface area (Å²) in [5.74, 6) is -1.53. The summed E-state index contributed by atoms with van der Waals surface area (Å²) in [5, 5.41) is 0. The Morgan fingerprint density at radius 1 is 1.08 bits per heavy atom. The van der Waals surface area contributed by atoms with Gasteiger partial charge in [-0.25, -0.2) is 0 Å². The molecule has 2 saturated heterocycles. The van der Waals surface area contributed by atoms with Crippen molar-refractivity contribution in [3.8, 4) is 0 Å². The van der Waals surface area contributed by atoms with Crippen LogP contribution in [0, 0.1) is 17.3 Å². The molecule has 6 nitrogen and oxygen atoms in total. The van der Waals surface area contributed by atoms with Gasteiger partial charge in [-0.2, -0.15) is 0 Å². The number of hydrogen-bond acceptors (Lipinski definition) is 4. The molecule has 132 valence electrons. The van der Waals surface area contributed by atoms with Gasteiger partial charge in [-0.15, -0.1) is 0 Å². The Kier molecular flexibility index (Phi) is 3.85. The first-order chi connectivity index (χ1) is 11.2. The molecule has 2 atom stereocenters. The number of imide groups is 2. The van der Waals surface area contributed by atoms with E-state index in [9.17, 15) is 19.2 Å². The number of carbonyl (C=O) groups excluding carboxylic acids is 4. The van der Waals surface area contributed by atoms with Crippen LogP contribution < -0.4 is 0 Å². The minimum absolute atomic E-state index is 0.0613. The van der Waals surface area contributed by atoms with Gasteiger partial charge >= 0.3 is 0 Å². The molecular weight excluding hydrogens is 308 g/mol. The summed E-state index contributed by atoms with van der Waals surface area (Å²) in [6.07, 6.45) is 3.34. The number of carbonyl (C=O) groups is 4. The predicted octanol–water partition coefficient (Wildman–Crippen LogP) is 1.73. The number of nitrogens with zero attached hydrogens (tertiary/aromatic N) is 2. The maximum Gasteiger partial charge on any atom is 0.236 e. The van der Waals surface area contributed by atoms with Crippen LogP contribution in [0.15, 0.2) is 0 Å². The van der Waals surface area contributed by atoms with E-state index >= 15 is 0 Å². The maximum atomic E-state index is 13.1. The second-order valence-electron chi connectivity index (χ2n) is 7.82. The molecule has 3 fully saturated rings. The van der Waals surface area contributed by atoms with Crippen LogP contribution >= 0.6 is 0 Å². The smallest absolute Gasteiger partial charge is 0.236 e. The van der Waals surface area contributed by atoms with Gasteiger partial charge in [0.15, 0.2) is 0 Å². The van der Waals surface area contributed by atoms with Gasteiger partial charge in [0.1, 0.15) is 0 Å². The van der Waals surface area contributed by atoms with Crippen LogP contribution in [0.2, 0.25) is 0 Å². The number of amides is 4. The van der Waals surface area contributed by atoms with Gasteiger partial charge in [-0.3, -0.25) is 29.0 Å². The van der Waals surface area contributed by atoms with E-state index in [2.05, 4.69) is 0 Å². The second-order valence-corrected chi connectivity index (χ2v) is 7.82. The minimum Gasteiger partial charge on any atom is -0.285 e. The fourth-order valence-electron chi connectivity index (χ4n) is 4.27. The van der Waals surface area contributed by atoms with E-state index in [0.29, 0.717) is 32.1 Å². The standard InChI is InChI=1S/C18H26N2O4/c1-5-17(3,6-2)20-15(23)12(18(7-8-18)16(20)24)9-11-10-13(21)19(4)14(11)22/h11-12H,5-10H2,1-4H3. The molecule has 1 saturated carbocycles. The van der Waals surface area contributed by atoms with Crippen molar-refractivity contribution in [3.05, 3.63) is 0 Å². The van der Waals surface area contributed by atoms with Crippen molar-refractivity contribution in [3.63, 3.8) is 0 Å². The Labute approximate surface area is 142 Å². The molecule has 2 heterocycles. The van der Waals surface area contributed by atoms with Crippen LogP contribution in [0.4, 0.5) is 0 Å². The van der Waals surface area contributed by atoms with Crippen molar-refractivity contribution in [1.82, 2.24) is 9.80 Å². The van der Waals surface area contributed by atoms with Crippen molar-refractivity contribution in [2.24, 2.45) is 17.3 Å². The number of hydrogen-bond donors (Lipinski definition) is 0. The van der Waals surface area contributed by atoms with E-state index in [1.54, 1.807) is 0 Å². The lowest BCUT2D eigenvalue weighted by atomic mass is 9.83. The zero-order valence-electron chi connectivity index (χ0n) is 14.9. The third-order valence-corrected chi connectivity index (χ3v) is 6.66. The maximum absolute atomic E-state index is 13.1. The summed E-state index contributed by atoms with van der Waals surface area (Å²) in [5.41, 5.74) is -1.07. The third-order valence-electron chi connectivity index (χ3n) is 6.66. The lowest BCUT2D eigenvalue weighted by molar-refractivity contribution is -0.147. The van der Waals surface area contributed by atoms with Crippen LogP contribution in [0.5, 0.6) is 0 Å². The van der Waals surface area contributed by atoms with Gasteiger partial charge in [0.2, 0.25) is 23.6 Å². The first-order valence-electron chi connectivity index (χ1n) is 8.90. The molecule has 0 aromatic carbocycles. The SMILES string of the molecule is CCC(C)(CC)N1C(=O)C(CC2CC(=O)N(C)C2=O)C2(CC2)C1=O. The monoisotopic (exact) mass is 334 g/mol. The lowest BCUT2D eigenvalue weighted by Crippen LogP contribution is -2.49. The zero-order valence-corrected chi connectivity index (χ0v) is 14.9. The Morgan fingerprint density at radius 2 is 1.67 bits per heavy atom. The molecule has 6 heteroatoms. The first kappa shape index (κ1) is 17.1. The quantitative estimate of drug-likeness (QED) is 0.718. The van der Waals surface area contributed by atoms with Gasteiger partial charge in [-0.05, 0) is 39.0 Å². The summed E-state index contributed by atoms with van der Waals surface area (Å²) in [4.78, 5) is 52.7. The molecule has 1 aliphatic carbocycles. The van der Waals surface area contributed by atoms with Gasteiger partial charge in [0.05, 0.1) is 11.3 Å². The molecule has 0 bridgehead atoms. The summed E-state index contributed by atoms with van der Waals surface area (Å²) in [6, 6.07) is 0. The Balaban J connectivity index is 1.87. The summed E-state index contributed by atoms with van der Waals surface area (Å²) in [6.45, 7) is 5.94. The molecule has 2 aliphatic heterocycles. The van der Waals surface area contributed by atoms with Crippen molar-refractivity contribution in [2.45, 2.75) is 64.8 Å². The summed E-state index contributed by atoms with van der Waals surface area (Å²) in [7, 11) is 1.48. The number of likely N-dealkylation sites (tertiary alicyclic amines) is 2. The van der Waals surface area contributed by atoms with E-state index < -0.39 is 22.8 Å². The Hall–Kier alpha value is -1.72. The largest absolute Gasteiger partial charge is 0.285 e. The van der Waals surface area contributed by atoms with Crippen molar-refractivity contribution in [1.29, 1.82) is 0 Å². The van der Waals surface area contributed by atoms with Crippen LogP contribution in [0.3, 0.4) is 0 Å². The predicted molar refractivity (Wildman–Crippen MR) is 86.5 cm³/mol.